The highest BCUT2D eigenvalue weighted by Crippen LogP contribution is 2.33. The molecule has 8 heteroatoms. The van der Waals surface area contributed by atoms with E-state index in [2.05, 4.69) is 15.0 Å². The van der Waals surface area contributed by atoms with Crippen LogP contribution in [0.5, 0.6) is 0 Å². The van der Waals surface area contributed by atoms with Crippen molar-refractivity contribution in [2.24, 2.45) is 0 Å². The molecule has 1 aliphatic carbocycles. The second kappa shape index (κ2) is 9.43. The average Bonchev–Trinajstić information content (AvgIpc) is 3.47. The molecule has 0 atom stereocenters. The van der Waals surface area contributed by atoms with Gasteiger partial charge in [-0.15, -0.1) is 0 Å². The van der Waals surface area contributed by atoms with Gasteiger partial charge < -0.3 is 5.32 Å². The Morgan fingerprint density at radius 3 is 2.48 bits per heavy atom. The summed E-state index contributed by atoms with van der Waals surface area (Å²) in [5, 5.41) is 7.57. The van der Waals surface area contributed by atoms with Gasteiger partial charge >= 0.3 is 0 Å². The van der Waals surface area contributed by atoms with Gasteiger partial charge in [-0.05, 0) is 43.2 Å². The molecule has 0 spiro atoms. The molecular weight excluding hydrogens is 412 g/mol. The number of amides is 1. The normalized spacial score (nSPS) is 14.6. The van der Waals surface area contributed by atoms with Crippen LogP contribution in [-0.2, 0) is 21.2 Å². The van der Waals surface area contributed by atoms with E-state index in [-0.39, 0.29) is 29.5 Å². The molecule has 1 aromatic carbocycles. The van der Waals surface area contributed by atoms with Gasteiger partial charge in [-0.3, -0.25) is 14.5 Å². The van der Waals surface area contributed by atoms with Crippen LogP contribution in [-0.4, -0.2) is 34.8 Å². The van der Waals surface area contributed by atoms with Gasteiger partial charge in [0.1, 0.15) is 0 Å². The molecule has 0 radical (unpaired) electrons. The summed E-state index contributed by atoms with van der Waals surface area (Å²) >= 11 is 0. The number of hydrogen-bond acceptors (Lipinski definition) is 5. The fourth-order valence-electron chi connectivity index (χ4n) is 3.95. The minimum Gasteiger partial charge on any atom is -0.350 e. The summed E-state index contributed by atoms with van der Waals surface area (Å²) in [6.07, 6.45) is 8.03. The fourth-order valence-corrected chi connectivity index (χ4v) is 5.21. The predicted molar refractivity (Wildman–Crippen MR) is 118 cm³/mol. The summed E-state index contributed by atoms with van der Waals surface area (Å²) in [4.78, 5) is 16.6. The van der Waals surface area contributed by atoms with Crippen molar-refractivity contribution in [3.63, 3.8) is 0 Å². The van der Waals surface area contributed by atoms with E-state index >= 15 is 0 Å². The van der Waals surface area contributed by atoms with E-state index in [9.17, 15) is 13.2 Å². The van der Waals surface area contributed by atoms with Crippen LogP contribution in [0, 0.1) is 0 Å². The van der Waals surface area contributed by atoms with E-state index in [4.69, 9.17) is 5.10 Å². The summed E-state index contributed by atoms with van der Waals surface area (Å²) in [5.41, 5.74) is 2.82. The average molecular weight is 439 g/mol. The lowest BCUT2D eigenvalue weighted by Gasteiger charge is -2.14. The van der Waals surface area contributed by atoms with Gasteiger partial charge in [0.05, 0.1) is 34.6 Å². The highest BCUT2D eigenvalue weighted by Gasteiger charge is 2.22. The smallest absolute Gasteiger partial charge is 0.221 e. The van der Waals surface area contributed by atoms with Crippen LogP contribution < -0.4 is 5.32 Å². The molecule has 1 aliphatic rings. The van der Waals surface area contributed by atoms with Crippen molar-refractivity contribution in [3.8, 4) is 11.3 Å². The number of benzene rings is 1. The Morgan fingerprint density at radius 1 is 1.06 bits per heavy atom. The van der Waals surface area contributed by atoms with Crippen LogP contribution in [0.2, 0.25) is 0 Å². The van der Waals surface area contributed by atoms with Crippen LogP contribution in [0.25, 0.3) is 11.3 Å². The van der Waals surface area contributed by atoms with E-state index in [0.717, 1.165) is 29.8 Å². The van der Waals surface area contributed by atoms with E-state index < -0.39 is 9.84 Å². The van der Waals surface area contributed by atoms with Crippen molar-refractivity contribution in [2.75, 3.05) is 5.75 Å². The summed E-state index contributed by atoms with van der Waals surface area (Å²) in [6.45, 7) is 0.266. The Labute approximate surface area is 182 Å². The van der Waals surface area contributed by atoms with E-state index in [1.807, 2.05) is 18.2 Å². The predicted octanol–water partition coefficient (Wildman–Crippen LogP) is 3.54. The molecule has 1 saturated carbocycles. The van der Waals surface area contributed by atoms with Gasteiger partial charge in [0.15, 0.2) is 9.84 Å². The van der Waals surface area contributed by atoms with Crippen molar-refractivity contribution in [1.82, 2.24) is 20.1 Å². The van der Waals surface area contributed by atoms with Gasteiger partial charge in [-0.25, -0.2) is 8.42 Å². The van der Waals surface area contributed by atoms with Gasteiger partial charge in [0, 0.05) is 24.4 Å². The molecule has 1 N–H and O–H groups in total. The van der Waals surface area contributed by atoms with Crippen molar-refractivity contribution < 1.29 is 13.2 Å². The first-order chi connectivity index (χ1) is 15.0. The number of carbonyl (C=O) groups excluding carboxylic acids is 1. The Kier molecular flexibility index (Phi) is 6.46. The third kappa shape index (κ3) is 5.19. The minimum atomic E-state index is -3.47. The lowest BCUT2D eigenvalue weighted by Crippen LogP contribution is -2.25. The van der Waals surface area contributed by atoms with E-state index in [0.29, 0.717) is 6.04 Å². The van der Waals surface area contributed by atoms with Crippen LogP contribution in [0.4, 0.5) is 0 Å². The molecule has 0 saturated heterocycles. The number of carbonyl (C=O) groups is 1. The van der Waals surface area contributed by atoms with E-state index in [1.165, 1.54) is 12.8 Å². The molecule has 0 bridgehead atoms. The highest BCUT2D eigenvalue weighted by molar-refractivity contribution is 7.91. The minimum absolute atomic E-state index is 0.0855. The van der Waals surface area contributed by atoms with Crippen LogP contribution in [0.1, 0.15) is 43.8 Å². The summed E-state index contributed by atoms with van der Waals surface area (Å²) < 4.78 is 26.8. The quantitative estimate of drug-likeness (QED) is 0.581. The number of nitrogens with zero attached hydrogens (tertiary/aromatic N) is 3. The number of hydrogen-bond donors (Lipinski definition) is 1. The molecule has 2 heterocycles. The maximum absolute atomic E-state index is 12.4. The largest absolute Gasteiger partial charge is 0.350 e. The molecular formula is C23H26N4O3S. The van der Waals surface area contributed by atoms with Crippen molar-refractivity contribution >= 4 is 15.7 Å². The summed E-state index contributed by atoms with van der Waals surface area (Å²) in [5.74, 6) is -0.526. The first-order valence-electron chi connectivity index (χ1n) is 10.6. The lowest BCUT2D eigenvalue weighted by molar-refractivity contribution is -0.120. The lowest BCUT2D eigenvalue weighted by atomic mass is 10.1. The monoisotopic (exact) mass is 438 g/mol. The Hall–Kier alpha value is -3.00. The summed E-state index contributed by atoms with van der Waals surface area (Å²) in [7, 11) is -3.47. The van der Waals surface area contributed by atoms with Gasteiger partial charge in [0.25, 0.3) is 0 Å². The van der Waals surface area contributed by atoms with Gasteiger partial charge in [-0.1, -0.05) is 31.0 Å². The maximum Gasteiger partial charge on any atom is 0.221 e. The second-order valence-electron chi connectivity index (χ2n) is 7.80. The molecule has 2 aromatic heterocycles. The zero-order valence-electron chi connectivity index (χ0n) is 17.3. The van der Waals surface area contributed by atoms with Crippen LogP contribution in [0.3, 0.4) is 0 Å². The van der Waals surface area contributed by atoms with Gasteiger partial charge in [-0.2, -0.15) is 5.10 Å². The first kappa shape index (κ1) is 21.2. The molecule has 3 aromatic rings. The molecule has 7 nitrogen and oxygen atoms in total. The zero-order valence-corrected chi connectivity index (χ0v) is 18.1. The summed E-state index contributed by atoms with van der Waals surface area (Å²) in [6, 6.07) is 14.5. The maximum atomic E-state index is 12.4. The molecule has 31 heavy (non-hydrogen) atoms. The van der Waals surface area contributed by atoms with Crippen molar-refractivity contribution in [1.29, 1.82) is 0 Å². The number of rotatable bonds is 8. The highest BCUT2D eigenvalue weighted by atomic mass is 32.2. The fraction of sp³-hybridized carbons (Fsp3) is 0.348. The Morgan fingerprint density at radius 2 is 1.77 bits per heavy atom. The third-order valence-electron chi connectivity index (χ3n) is 5.60. The van der Waals surface area contributed by atoms with Crippen molar-refractivity contribution in [3.05, 3.63) is 66.6 Å². The number of pyridine rings is 1. The van der Waals surface area contributed by atoms with E-state index in [1.54, 1.807) is 42.7 Å². The zero-order chi connectivity index (χ0) is 21.7. The molecule has 1 fully saturated rings. The van der Waals surface area contributed by atoms with Crippen molar-refractivity contribution in [2.45, 2.75) is 49.6 Å². The topological polar surface area (TPSA) is 94.0 Å². The molecule has 0 aliphatic heterocycles. The third-order valence-corrected chi connectivity index (χ3v) is 7.33. The standard InChI is InChI=1S/C23H26N4O3S/c28-23(12-15-31(29,30)21-8-2-1-3-9-21)25-17-19-16-22(18-10-13-24-14-11-18)27(26-19)20-6-4-5-7-20/h1-3,8-11,13-14,16,20H,4-7,12,15,17H2,(H,25,28). The molecule has 1 amide bonds. The number of nitrogens with one attached hydrogen (secondary N) is 1. The number of sulfone groups is 1. The molecule has 162 valence electrons. The van der Waals surface area contributed by atoms with Crippen LogP contribution >= 0.6 is 0 Å². The molecule has 0 unspecified atom stereocenters. The Bertz CT molecular complexity index is 1120. The molecule has 4 rings (SSSR count). The first-order valence-corrected chi connectivity index (χ1v) is 12.2. The second-order valence-corrected chi connectivity index (χ2v) is 9.91. The Balaban J connectivity index is 1.41. The van der Waals surface area contributed by atoms with Crippen LogP contribution in [0.15, 0.2) is 65.8 Å². The SMILES string of the molecule is O=C(CCS(=O)(=O)c1ccccc1)NCc1cc(-c2ccncc2)n(C2CCCC2)n1. The van der Waals surface area contributed by atoms with Gasteiger partial charge in [0.2, 0.25) is 5.91 Å². The number of aromatic nitrogens is 3.